The number of nitrogens with two attached hydrogens (primary N) is 1. The maximum Gasteiger partial charge on any atom is 0.287 e. The van der Waals surface area contributed by atoms with Gasteiger partial charge in [-0.25, -0.2) is 9.67 Å². The maximum atomic E-state index is 14.4. The summed E-state index contributed by atoms with van der Waals surface area (Å²) in [6, 6.07) is 2.11. The molecule has 0 bridgehead atoms. The Labute approximate surface area is 271 Å². The summed E-state index contributed by atoms with van der Waals surface area (Å²) in [7, 11) is 0. The quantitative estimate of drug-likeness (QED) is 0.213. The molecule has 5 rings (SSSR count). The number of primary amides is 1. The molecule has 3 aromatic heterocycles. The summed E-state index contributed by atoms with van der Waals surface area (Å²) in [6.07, 6.45) is 9.49. The maximum absolute atomic E-state index is 14.4. The number of aliphatic imine (C=N–C) groups is 1. The normalized spacial score (nSPS) is 19.8. The number of fused-ring (bicyclic) bond motifs is 1. The number of rotatable bonds is 10. The number of likely N-dealkylation sites (tertiary alicyclic amines) is 1. The molecule has 1 aliphatic carbocycles. The smallest absolute Gasteiger partial charge is 0.287 e. The molecule has 1 unspecified atom stereocenters. The molecule has 47 heavy (non-hydrogen) atoms. The molecular weight excluding hydrogens is 606 g/mol. The van der Waals surface area contributed by atoms with Gasteiger partial charge in [-0.05, 0) is 51.3 Å². The zero-order valence-electron chi connectivity index (χ0n) is 26.6. The van der Waals surface area contributed by atoms with E-state index in [4.69, 9.17) is 5.73 Å². The fourth-order valence-electron chi connectivity index (χ4n) is 6.27. The summed E-state index contributed by atoms with van der Waals surface area (Å²) >= 11 is 0. The summed E-state index contributed by atoms with van der Waals surface area (Å²) in [5, 5.41) is 21.3. The zero-order chi connectivity index (χ0) is 33.9. The van der Waals surface area contributed by atoms with Crippen molar-refractivity contribution in [2.45, 2.75) is 89.4 Å². The van der Waals surface area contributed by atoms with Gasteiger partial charge in [-0.2, -0.15) is 0 Å². The summed E-state index contributed by atoms with van der Waals surface area (Å²) in [5.41, 5.74) is 5.45. The molecule has 1 saturated heterocycles. The van der Waals surface area contributed by atoms with Crippen molar-refractivity contribution in [1.82, 2.24) is 35.2 Å². The van der Waals surface area contributed by atoms with Crippen LogP contribution in [0.3, 0.4) is 0 Å². The molecule has 0 spiro atoms. The monoisotopic (exact) mass is 645 g/mol. The molecule has 1 saturated carbocycles. The number of ketones is 1. The molecule has 4 amide bonds. The molecule has 3 aromatic rings. The van der Waals surface area contributed by atoms with Crippen molar-refractivity contribution in [3.8, 4) is 0 Å². The van der Waals surface area contributed by atoms with Crippen LogP contribution in [-0.4, -0.2) is 88.7 Å². The molecule has 15 heteroatoms. The van der Waals surface area contributed by atoms with Crippen LogP contribution >= 0.6 is 0 Å². The van der Waals surface area contributed by atoms with Crippen molar-refractivity contribution >= 4 is 46.2 Å². The Morgan fingerprint density at radius 1 is 1.11 bits per heavy atom. The highest BCUT2D eigenvalue weighted by Gasteiger charge is 2.44. The largest absolute Gasteiger partial charge is 0.384 e. The summed E-state index contributed by atoms with van der Waals surface area (Å²) in [4.78, 5) is 79.5. The van der Waals surface area contributed by atoms with Crippen LogP contribution in [0.4, 0.5) is 0 Å². The van der Waals surface area contributed by atoms with Crippen molar-refractivity contribution in [3.05, 3.63) is 48.0 Å². The number of carbonyl (C=O) groups is 5. The van der Waals surface area contributed by atoms with E-state index in [0.717, 1.165) is 32.1 Å². The predicted molar refractivity (Wildman–Crippen MR) is 169 cm³/mol. The second kappa shape index (κ2) is 13.8. The minimum atomic E-state index is -1.33. The van der Waals surface area contributed by atoms with Crippen LogP contribution in [0.15, 0.2) is 41.8 Å². The molecule has 1 aliphatic heterocycles. The zero-order valence-corrected chi connectivity index (χ0v) is 26.6. The van der Waals surface area contributed by atoms with Crippen molar-refractivity contribution in [3.63, 3.8) is 0 Å². The van der Waals surface area contributed by atoms with Crippen LogP contribution < -0.4 is 11.1 Å². The van der Waals surface area contributed by atoms with Gasteiger partial charge >= 0.3 is 0 Å². The fraction of sp³-hybridized carbons (Fsp3) is 0.500. The van der Waals surface area contributed by atoms with Gasteiger partial charge in [0.1, 0.15) is 17.4 Å². The van der Waals surface area contributed by atoms with E-state index in [-0.39, 0.29) is 36.6 Å². The number of aliphatic hydroxyl groups is 1. The third-order valence-corrected chi connectivity index (χ3v) is 8.77. The molecule has 4 N–H and O–H groups in total. The van der Waals surface area contributed by atoms with Crippen LogP contribution in [0, 0.1) is 5.92 Å². The molecule has 2 aliphatic rings. The van der Waals surface area contributed by atoms with Crippen LogP contribution in [-0.2, 0) is 24.8 Å². The van der Waals surface area contributed by atoms with E-state index < -0.39 is 53.1 Å². The van der Waals surface area contributed by atoms with Gasteiger partial charge in [-0.15, -0.1) is 5.10 Å². The first-order chi connectivity index (χ1) is 22.3. The number of nitrogens with zero attached hydrogens (tertiary/aromatic N) is 7. The number of aromatic nitrogens is 5. The number of carbonyl (C=O) groups excluding carboxylic acids is 5. The average molecular weight is 646 g/mol. The van der Waals surface area contributed by atoms with Crippen molar-refractivity contribution in [1.29, 1.82) is 0 Å². The SMILES string of the molecule is CC(NC(=O)[C@@H]1C[C@H](n2nncc2C(C)(C)O)CN1C(=O)/C(CC1CCCCC1)=N/C(=O)c1cnc2cccnc2c1)C(=O)C(N)=O. The van der Waals surface area contributed by atoms with Gasteiger partial charge in [0.25, 0.3) is 17.7 Å². The Morgan fingerprint density at radius 3 is 2.55 bits per heavy atom. The number of pyridine rings is 2. The van der Waals surface area contributed by atoms with Gasteiger partial charge in [0, 0.05) is 25.4 Å². The van der Waals surface area contributed by atoms with E-state index >= 15 is 0 Å². The number of hydrogen-bond donors (Lipinski definition) is 3. The molecule has 248 valence electrons. The van der Waals surface area contributed by atoms with Gasteiger partial charge in [0.05, 0.1) is 40.6 Å². The second-order valence-corrected chi connectivity index (χ2v) is 12.8. The highest BCUT2D eigenvalue weighted by molar-refractivity contribution is 6.41. The minimum absolute atomic E-state index is 0.00373. The number of Topliss-reactive ketones (excluding diaryl/α,β-unsaturated/α-hetero) is 1. The van der Waals surface area contributed by atoms with E-state index in [2.05, 4.69) is 30.6 Å². The van der Waals surface area contributed by atoms with Crippen LogP contribution in [0.2, 0.25) is 0 Å². The molecule has 4 heterocycles. The summed E-state index contributed by atoms with van der Waals surface area (Å²) in [5.74, 6) is -4.05. The lowest BCUT2D eigenvalue weighted by molar-refractivity contribution is -0.139. The van der Waals surface area contributed by atoms with Gasteiger partial charge in [-0.3, -0.25) is 33.9 Å². The molecule has 3 atom stereocenters. The highest BCUT2D eigenvalue weighted by Crippen LogP contribution is 2.33. The Bertz CT molecular complexity index is 1720. The van der Waals surface area contributed by atoms with Gasteiger partial charge < -0.3 is 21.1 Å². The summed E-state index contributed by atoms with van der Waals surface area (Å²) < 4.78 is 1.47. The number of amides is 4. The van der Waals surface area contributed by atoms with Crippen LogP contribution in [0.1, 0.15) is 87.8 Å². The lowest BCUT2D eigenvalue weighted by atomic mass is 9.85. The Balaban J connectivity index is 1.50. The van der Waals surface area contributed by atoms with E-state index in [1.807, 2.05) is 0 Å². The van der Waals surface area contributed by atoms with Crippen molar-refractivity contribution < 1.29 is 29.1 Å². The van der Waals surface area contributed by atoms with E-state index in [1.165, 1.54) is 28.9 Å². The van der Waals surface area contributed by atoms with E-state index in [9.17, 15) is 29.1 Å². The Kier molecular flexibility index (Phi) is 9.84. The van der Waals surface area contributed by atoms with Gasteiger partial charge in [0.2, 0.25) is 11.7 Å². The molecule has 2 fully saturated rings. The predicted octanol–water partition coefficient (Wildman–Crippen LogP) is 1.40. The number of nitrogens with one attached hydrogen (secondary N) is 1. The van der Waals surface area contributed by atoms with E-state index in [0.29, 0.717) is 16.7 Å². The lowest BCUT2D eigenvalue weighted by Crippen LogP contribution is -2.52. The third kappa shape index (κ3) is 7.56. The first-order valence-corrected chi connectivity index (χ1v) is 15.7. The van der Waals surface area contributed by atoms with E-state index in [1.54, 1.807) is 38.2 Å². The van der Waals surface area contributed by atoms with Crippen molar-refractivity contribution in [2.24, 2.45) is 16.6 Å². The molecule has 15 nitrogen and oxygen atoms in total. The minimum Gasteiger partial charge on any atom is -0.384 e. The van der Waals surface area contributed by atoms with Crippen LogP contribution in [0.5, 0.6) is 0 Å². The van der Waals surface area contributed by atoms with Gasteiger partial charge in [0.15, 0.2) is 0 Å². The van der Waals surface area contributed by atoms with Crippen molar-refractivity contribution in [2.75, 3.05) is 6.54 Å². The Morgan fingerprint density at radius 2 is 1.85 bits per heavy atom. The first-order valence-electron chi connectivity index (χ1n) is 15.7. The average Bonchev–Trinajstić information content (AvgIpc) is 3.72. The molecular formula is C32H39N9O6. The van der Waals surface area contributed by atoms with Gasteiger partial charge in [-0.1, -0.05) is 37.3 Å². The second-order valence-electron chi connectivity index (χ2n) is 12.8. The standard InChI is InChI=1S/C32H39N9O6/c1-18(27(42)28(33)43)37-30(45)25-14-21(41-26(16-36-39-41)32(2,3)47)17-40(25)31(46)24(12-19-8-5-4-6-9-19)38-29(44)20-13-23-22(35-15-20)10-7-11-34-23/h7,10-11,13,15-16,18-19,21,25,47H,4-6,8-9,12,14,17H2,1-3H3,(H2,33,43)(H,37,45)/b38-24+/t18?,21-,25-/m0/s1. The fourth-order valence-corrected chi connectivity index (χ4v) is 6.27. The molecule has 0 aromatic carbocycles. The van der Waals surface area contributed by atoms with Crippen LogP contribution in [0.25, 0.3) is 11.0 Å². The molecule has 0 radical (unpaired) electrons. The Hall–Kier alpha value is -4.92. The third-order valence-electron chi connectivity index (χ3n) is 8.77. The highest BCUT2D eigenvalue weighted by atomic mass is 16.3. The number of hydrogen-bond acceptors (Lipinski definition) is 10. The lowest BCUT2D eigenvalue weighted by Gasteiger charge is -2.27. The topological polar surface area (TPSA) is 216 Å². The first kappa shape index (κ1) is 33.4. The summed E-state index contributed by atoms with van der Waals surface area (Å²) in [6.45, 7) is 4.44.